The van der Waals surface area contributed by atoms with Gasteiger partial charge < -0.3 is 30.1 Å². The number of ether oxygens (including phenoxy) is 1. The molecule has 1 aliphatic heterocycles. The molecule has 9 nitrogen and oxygen atoms in total. The van der Waals surface area contributed by atoms with Crippen LogP contribution in [0.5, 0.6) is 0 Å². The SMILES string of the molecule is CCC(=O)N(CCOC)CC(=O)Nc1cc(N2CCN(C(=O)NC(C)C)CC2)ccc1Cl. The van der Waals surface area contributed by atoms with Gasteiger partial charge in [-0.05, 0) is 32.0 Å². The highest BCUT2D eigenvalue weighted by atomic mass is 35.5. The lowest BCUT2D eigenvalue weighted by Crippen LogP contribution is -2.52. The normalized spacial score (nSPS) is 13.8. The van der Waals surface area contributed by atoms with Crippen LogP contribution in [0.1, 0.15) is 27.2 Å². The molecular weight excluding hydrogens is 434 g/mol. The minimum atomic E-state index is -0.322. The van der Waals surface area contributed by atoms with Gasteiger partial charge in [0.2, 0.25) is 11.8 Å². The van der Waals surface area contributed by atoms with Gasteiger partial charge >= 0.3 is 6.03 Å². The van der Waals surface area contributed by atoms with Crippen molar-refractivity contribution in [2.24, 2.45) is 0 Å². The minimum Gasteiger partial charge on any atom is -0.383 e. The number of urea groups is 1. The van der Waals surface area contributed by atoms with E-state index < -0.39 is 0 Å². The molecule has 0 aliphatic carbocycles. The number of halogens is 1. The molecule has 1 saturated heterocycles. The molecule has 0 aromatic heterocycles. The van der Waals surface area contributed by atoms with Crippen LogP contribution in [0.25, 0.3) is 0 Å². The molecule has 0 spiro atoms. The van der Waals surface area contributed by atoms with E-state index in [1.807, 2.05) is 26.0 Å². The molecule has 4 amide bonds. The smallest absolute Gasteiger partial charge is 0.317 e. The maximum atomic E-state index is 12.6. The first-order chi connectivity index (χ1) is 15.2. The lowest BCUT2D eigenvalue weighted by molar-refractivity contribution is -0.135. The third-order valence-corrected chi connectivity index (χ3v) is 5.45. The topological polar surface area (TPSA) is 94.2 Å². The van der Waals surface area contributed by atoms with E-state index in [0.29, 0.717) is 56.5 Å². The fourth-order valence-electron chi connectivity index (χ4n) is 3.39. The Balaban J connectivity index is 1.99. The number of hydrogen-bond donors (Lipinski definition) is 2. The molecule has 32 heavy (non-hydrogen) atoms. The van der Waals surface area contributed by atoms with Gasteiger partial charge in [0.05, 0.1) is 23.9 Å². The van der Waals surface area contributed by atoms with Crippen LogP contribution in [0.4, 0.5) is 16.2 Å². The molecule has 1 aliphatic rings. The first kappa shape index (κ1) is 25.7. The van der Waals surface area contributed by atoms with Gasteiger partial charge in [0, 0.05) is 58.0 Å². The zero-order valence-electron chi connectivity index (χ0n) is 19.3. The summed E-state index contributed by atoms with van der Waals surface area (Å²) < 4.78 is 5.03. The Morgan fingerprint density at radius 1 is 1.19 bits per heavy atom. The molecule has 178 valence electrons. The molecule has 2 N–H and O–H groups in total. The third-order valence-electron chi connectivity index (χ3n) is 5.12. The Morgan fingerprint density at radius 2 is 1.88 bits per heavy atom. The van der Waals surface area contributed by atoms with Gasteiger partial charge in [-0.1, -0.05) is 18.5 Å². The van der Waals surface area contributed by atoms with E-state index in [-0.39, 0.29) is 30.4 Å². The van der Waals surface area contributed by atoms with Crippen molar-refractivity contribution in [3.05, 3.63) is 23.2 Å². The van der Waals surface area contributed by atoms with Crippen LogP contribution in [0.15, 0.2) is 18.2 Å². The summed E-state index contributed by atoms with van der Waals surface area (Å²) in [6.07, 6.45) is 0.314. The molecule has 0 saturated carbocycles. The highest BCUT2D eigenvalue weighted by molar-refractivity contribution is 6.33. The van der Waals surface area contributed by atoms with E-state index in [1.54, 1.807) is 25.0 Å². The molecule has 1 aromatic rings. The average Bonchev–Trinajstić information content (AvgIpc) is 2.77. The Morgan fingerprint density at radius 3 is 2.47 bits per heavy atom. The number of hydrogen-bond acceptors (Lipinski definition) is 5. The number of benzene rings is 1. The Hall–Kier alpha value is -2.52. The molecule has 1 fully saturated rings. The summed E-state index contributed by atoms with van der Waals surface area (Å²) >= 11 is 6.31. The number of nitrogens with one attached hydrogen (secondary N) is 2. The molecule has 0 atom stereocenters. The van der Waals surface area contributed by atoms with Gasteiger partial charge in [0.1, 0.15) is 0 Å². The highest BCUT2D eigenvalue weighted by Crippen LogP contribution is 2.28. The average molecular weight is 468 g/mol. The molecule has 2 rings (SSSR count). The summed E-state index contributed by atoms with van der Waals surface area (Å²) in [6.45, 7) is 8.83. The molecule has 10 heteroatoms. The first-order valence-corrected chi connectivity index (χ1v) is 11.3. The van der Waals surface area contributed by atoms with E-state index in [0.717, 1.165) is 5.69 Å². The number of amides is 4. The second-order valence-corrected chi connectivity index (χ2v) is 8.36. The second kappa shape index (κ2) is 12.5. The second-order valence-electron chi connectivity index (χ2n) is 7.95. The van der Waals surface area contributed by atoms with Crippen LogP contribution < -0.4 is 15.5 Å². The van der Waals surface area contributed by atoms with Crippen molar-refractivity contribution in [1.29, 1.82) is 0 Å². The highest BCUT2D eigenvalue weighted by Gasteiger charge is 2.22. The summed E-state index contributed by atoms with van der Waals surface area (Å²) in [5, 5.41) is 6.15. The van der Waals surface area contributed by atoms with Crippen LogP contribution in [-0.2, 0) is 14.3 Å². The van der Waals surface area contributed by atoms with Gasteiger partial charge in [-0.3, -0.25) is 9.59 Å². The number of piperazine rings is 1. The number of carbonyl (C=O) groups is 3. The monoisotopic (exact) mass is 467 g/mol. The lowest BCUT2D eigenvalue weighted by atomic mass is 10.2. The largest absolute Gasteiger partial charge is 0.383 e. The van der Waals surface area contributed by atoms with Crippen molar-refractivity contribution in [2.45, 2.75) is 33.2 Å². The Labute approximate surface area is 195 Å². The van der Waals surface area contributed by atoms with E-state index in [2.05, 4.69) is 15.5 Å². The van der Waals surface area contributed by atoms with Gasteiger partial charge in [-0.2, -0.15) is 0 Å². The van der Waals surface area contributed by atoms with Crippen LogP contribution in [0, 0.1) is 0 Å². The quantitative estimate of drug-likeness (QED) is 0.581. The van der Waals surface area contributed by atoms with Crippen molar-refractivity contribution >= 4 is 40.8 Å². The first-order valence-electron chi connectivity index (χ1n) is 10.9. The number of methoxy groups -OCH3 is 1. The van der Waals surface area contributed by atoms with Crippen LogP contribution >= 0.6 is 11.6 Å². The fourth-order valence-corrected chi connectivity index (χ4v) is 3.56. The van der Waals surface area contributed by atoms with E-state index >= 15 is 0 Å². The molecule has 1 aromatic carbocycles. The van der Waals surface area contributed by atoms with Crippen LogP contribution in [0.3, 0.4) is 0 Å². The zero-order valence-corrected chi connectivity index (χ0v) is 20.1. The predicted molar refractivity (Wildman–Crippen MR) is 126 cm³/mol. The van der Waals surface area contributed by atoms with E-state index in [9.17, 15) is 14.4 Å². The Kier molecular flexibility index (Phi) is 10.1. The summed E-state index contributed by atoms with van der Waals surface area (Å²) in [6, 6.07) is 5.51. The van der Waals surface area contributed by atoms with Crippen molar-refractivity contribution in [3.63, 3.8) is 0 Å². The Bertz CT molecular complexity index is 797. The van der Waals surface area contributed by atoms with Gasteiger partial charge in [0.25, 0.3) is 0 Å². The zero-order chi connectivity index (χ0) is 23.7. The number of nitrogens with zero attached hydrogens (tertiary/aromatic N) is 3. The van der Waals surface area contributed by atoms with Gasteiger partial charge in [0.15, 0.2) is 0 Å². The number of carbonyl (C=O) groups excluding carboxylic acids is 3. The molecule has 1 heterocycles. The van der Waals surface area contributed by atoms with Gasteiger partial charge in [-0.15, -0.1) is 0 Å². The minimum absolute atomic E-state index is 0.0524. The lowest BCUT2D eigenvalue weighted by Gasteiger charge is -2.36. The van der Waals surface area contributed by atoms with E-state index in [4.69, 9.17) is 16.3 Å². The molecule has 0 bridgehead atoms. The third kappa shape index (κ3) is 7.56. The standard InChI is InChI=1S/C22H34ClN5O4/c1-5-21(30)28(12-13-32-4)15-20(29)25-19-14-17(6-7-18(19)23)26-8-10-27(11-9-26)22(31)24-16(2)3/h6-7,14,16H,5,8-13,15H2,1-4H3,(H,24,31)(H,25,29). The number of rotatable bonds is 9. The number of anilines is 2. The van der Waals surface area contributed by atoms with Crippen LogP contribution in [-0.4, -0.2) is 86.7 Å². The summed E-state index contributed by atoms with van der Waals surface area (Å²) in [5.41, 5.74) is 1.40. The maximum absolute atomic E-state index is 12.6. The van der Waals surface area contributed by atoms with Gasteiger partial charge in [-0.25, -0.2) is 4.79 Å². The summed E-state index contributed by atoms with van der Waals surface area (Å²) in [4.78, 5) is 42.3. The summed E-state index contributed by atoms with van der Waals surface area (Å²) in [7, 11) is 1.55. The predicted octanol–water partition coefficient (Wildman–Crippen LogP) is 2.40. The van der Waals surface area contributed by atoms with Crippen molar-refractivity contribution in [3.8, 4) is 0 Å². The molecular formula is C22H34ClN5O4. The summed E-state index contributed by atoms with van der Waals surface area (Å²) in [5.74, 6) is -0.437. The maximum Gasteiger partial charge on any atom is 0.317 e. The van der Waals surface area contributed by atoms with Crippen LogP contribution in [0.2, 0.25) is 5.02 Å². The fraction of sp³-hybridized carbons (Fsp3) is 0.591. The van der Waals surface area contributed by atoms with Crippen molar-refractivity contribution < 1.29 is 19.1 Å². The van der Waals surface area contributed by atoms with E-state index in [1.165, 1.54) is 4.90 Å². The van der Waals surface area contributed by atoms with Crippen molar-refractivity contribution in [1.82, 2.24) is 15.1 Å². The molecule has 0 radical (unpaired) electrons. The van der Waals surface area contributed by atoms with Crippen molar-refractivity contribution in [2.75, 3.05) is 63.2 Å². The molecule has 0 unspecified atom stereocenters.